The van der Waals surface area contributed by atoms with Gasteiger partial charge in [-0.3, -0.25) is 4.68 Å². The molecule has 0 amide bonds. The first-order valence-electron chi connectivity index (χ1n) is 6.86. The molecule has 3 aromatic heterocycles. The van der Waals surface area contributed by atoms with Crippen molar-refractivity contribution in [2.45, 2.75) is 12.5 Å². The van der Waals surface area contributed by atoms with Gasteiger partial charge in [0.1, 0.15) is 5.52 Å². The van der Waals surface area contributed by atoms with Crippen LogP contribution in [0.15, 0.2) is 30.9 Å². The summed E-state index contributed by atoms with van der Waals surface area (Å²) in [5.41, 5.74) is 2.57. The molecule has 0 N–H and O–H groups in total. The van der Waals surface area contributed by atoms with Gasteiger partial charge in [-0.25, -0.2) is 9.50 Å². The van der Waals surface area contributed by atoms with E-state index in [9.17, 15) is 0 Å². The molecule has 0 radical (unpaired) electrons. The average Bonchev–Trinajstić information content (AvgIpc) is 3.23. The van der Waals surface area contributed by atoms with Crippen LogP contribution in [0.3, 0.4) is 0 Å². The van der Waals surface area contributed by atoms with Crippen LogP contribution in [0.1, 0.15) is 12.5 Å². The van der Waals surface area contributed by atoms with Crippen molar-refractivity contribution in [1.29, 1.82) is 0 Å². The maximum absolute atomic E-state index is 5.40. The number of nitrogens with zero attached hydrogens (tertiary/aromatic N) is 5. The predicted molar refractivity (Wildman–Crippen MR) is 75.2 cm³/mol. The van der Waals surface area contributed by atoms with E-state index < -0.39 is 0 Å². The lowest BCUT2D eigenvalue weighted by atomic mass is 10.2. The van der Waals surface area contributed by atoms with E-state index in [0.717, 1.165) is 36.4 Å². The summed E-state index contributed by atoms with van der Waals surface area (Å²) in [4.78, 5) is 4.53. The molecule has 3 aromatic rings. The van der Waals surface area contributed by atoms with Crippen molar-refractivity contribution in [2.24, 2.45) is 0 Å². The summed E-state index contributed by atoms with van der Waals surface area (Å²) in [6, 6.07) is 2.18. The van der Waals surface area contributed by atoms with Gasteiger partial charge in [0, 0.05) is 18.4 Å². The average molecular weight is 285 g/mol. The fourth-order valence-electron chi connectivity index (χ4n) is 2.59. The quantitative estimate of drug-likeness (QED) is 0.730. The lowest BCUT2D eigenvalue weighted by Gasteiger charge is -2.07. The number of aromatic nitrogens is 5. The van der Waals surface area contributed by atoms with E-state index in [1.807, 2.05) is 29.3 Å². The molecule has 1 atom stereocenters. The predicted octanol–water partition coefficient (Wildman–Crippen LogP) is 1.56. The highest BCUT2D eigenvalue weighted by Crippen LogP contribution is 2.25. The molecule has 7 nitrogen and oxygen atoms in total. The van der Waals surface area contributed by atoms with Gasteiger partial charge in [-0.1, -0.05) is 0 Å². The largest absolute Gasteiger partial charge is 0.479 e. The number of rotatable bonds is 3. The molecular formula is C14H15N5O2. The molecular weight excluding hydrogens is 270 g/mol. The van der Waals surface area contributed by atoms with E-state index in [2.05, 4.69) is 15.2 Å². The molecule has 1 saturated heterocycles. The Labute approximate surface area is 121 Å². The fourth-order valence-corrected chi connectivity index (χ4v) is 2.59. The Kier molecular flexibility index (Phi) is 2.85. The lowest BCUT2D eigenvalue weighted by Crippen LogP contribution is -2.08. The van der Waals surface area contributed by atoms with Crippen molar-refractivity contribution in [3.63, 3.8) is 0 Å². The summed E-state index contributed by atoms with van der Waals surface area (Å²) in [6.07, 6.45) is 8.41. The minimum absolute atomic E-state index is 0.314. The molecule has 0 bridgehead atoms. The van der Waals surface area contributed by atoms with Crippen molar-refractivity contribution in [3.8, 4) is 17.1 Å². The van der Waals surface area contributed by atoms with E-state index in [4.69, 9.17) is 9.47 Å². The smallest absolute Gasteiger partial charge is 0.240 e. The normalized spacial score (nSPS) is 18.4. The molecule has 1 aliphatic rings. The number of methoxy groups -OCH3 is 1. The molecule has 0 saturated carbocycles. The highest BCUT2D eigenvalue weighted by molar-refractivity contribution is 5.63. The van der Waals surface area contributed by atoms with Crippen LogP contribution in [0.5, 0.6) is 5.88 Å². The standard InChI is InChI=1S/C14H15N5O2/c1-20-14-13-2-4-15-19(13)8-12(17-14)10-6-16-18(7-10)11-3-5-21-9-11/h2,4,6-8,11H,3,5,9H2,1H3. The Morgan fingerprint density at radius 3 is 3.10 bits per heavy atom. The molecule has 0 aromatic carbocycles. The number of ether oxygens (including phenoxy) is 2. The van der Waals surface area contributed by atoms with Gasteiger partial charge < -0.3 is 9.47 Å². The van der Waals surface area contributed by atoms with Gasteiger partial charge in [0.05, 0.1) is 44.0 Å². The summed E-state index contributed by atoms with van der Waals surface area (Å²) in [6.45, 7) is 1.52. The number of fused-ring (bicyclic) bond motifs is 1. The van der Waals surface area contributed by atoms with Gasteiger partial charge in [-0.05, 0) is 12.5 Å². The maximum Gasteiger partial charge on any atom is 0.240 e. The molecule has 1 aliphatic heterocycles. The van der Waals surface area contributed by atoms with Crippen molar-refractivity contribution in [2.75, 3.05) is 20.3 Å². The van der Waals surface area contributed by atoms with Gasteiger partial charge in [0.2, 0.25) is 5.88 Å². The van der Waals surface area contributed by atoms with Crippen LogP contribution in [0.2, 0.25) is 0 Å². The van der Waals surface area contributed by atoms with E-state index in [1.54, 1.807) is 17.8 Å². The second-order valence-electron chi connectivity index (χ2n) is 5.02. The molecule has 7 heteroatoms. The van der Waals surface area contributed by atoms with E-state index in [-0.39, 0.29) is 0 Å². The first-order valence-corrected chi connectivity index (χ1v) is 6.86. The van der Waals surface area contributed by atoms with Crippen LogP contribution < -0.4 is 4.74 Å². The lowest BCUT2D eigenvalue weighted by molar-refractivity contribution is 0.184. The SMILES string of the molecule is COc1nc(-c2cnn(C3CCOC3)c2)cn2nccc12. The van der Waals surface area contributed by atoms with Crippen molar-refractivity contribution >= 4 is 5.52 Å². The van der Waals surface area contributed by atoms with Crippen LogP contribution in [0.25, 0.3) is 16.8 Å². The Hall–Kier alpha value is -2.41. The molecule has 1 fully saturated rings. The van der Waals surface area contributed by atoms with E-state index in [0.29, 0.717) is 11.9 Å². The Balaban J connectivity index is 1.75. The van der Waals surface area contributed by atoms with Gasteiger partial charge in [-0.15, -0.1) is 0 Å². The zero-order chi connectivity index (χ0) is 14.2. The first kappa shape index (κ1) is 12.3. The fraction of sp³-hybridized carbons (Fsp3) is 0.357. The highest BCUT2D eigenvalue weighted by atomic mass is 16.5. The topological polar surface area (TPSA) is 66.5 Å². The molecule has 1 unspecified atom stereocenters. The molecule has 21 heavy (non-hydrogen) atoms. The molecule has 0 spiro atoms. The summed E-state index contributed by atoms with van der Waals surface area (Å²) < 4.78 is 14.4. The Morgan fingerprint density at radius 2 is 2.29 bits per heavy atom. The second-order valence-corrected chi connectivity index (χ2v) is 5.02. The van der Waals surface area contributed by atoms with Crippen molar-refractivity contribution in [1.82, 2.24) is 24.4 Å². The van der Waals surface area contributed by atoms with E-state index >= 15 is 0 Å². The van der Waals surface area contributed by atoms with Crippen LogP contribution in [0, 0.1) is 0 Å². The van der Waals surface area contributed by atoms with Gasteiger partial charge in [-0.2, -0.15) is 10.2 Å². The van der Waals surface area contributed by atoms with Crippen molar-refractivity contribution in [3.05, 3.63) is 30.9 Å². The summed E-state index contributed by atoms with van der Waals surface area (Å²) in [5, 5.41) is 8.67. The van der Waals surface area contributed by atoms with Gasteiger partial charge in [0.15, 0.2) is 0 Å². The van der Waals surface area contributed by atoms with Gasteiger partial charge in [0.25, 0.3) is 0 Å². The zero-order valence-corrected chi connectivity index (χ0v) is 11.6. The van der Waals surface area contributed by atoms with Gasteiger partial charge >= 0.3 is 0 Å². The number of hydrogen-bond donors (Lipinski definition) is 0. The minimum atomic E-state index is 0.314. The molecule has 0 aliphatic carbocycles. The van der Waals surface area contributed by atoms with Crippen molar-refractivity contribution < 1.29 is 9.47 Å². The van der Waals surface area contributed by atoms with Crippen LogP contribution in [-0.2, 0) is 4.74 Å². The third-order valence-electron chi connectivity index (χ3n) is 3.73. The third kappa shape index (κ3) is 2.06. The van der Waals surface area contributed by atoms with Crippen LogP contribution in [0.4, 0.5) is 0 Å². The molecule has 4 rings (SSSR count). The van der Waals surface area contributed by atoms with Crippen LogP contribution >= 0.6 is 0 Å². The Morgan fingerprint density at radius 1 is 1.33 bits per heavy atom. The molecule has 4 heterocycles. The Bertz CT molecular complexity index is 773. The summed E-state index contributed by atoms with van der Waals surface area (Å²) in [5.74, 6) is 0.557. The second kappa shape index (κ2) is 4.85. The monoisotopic (exact) mass is 285 g/mol. The summed E-state index contributed by atoms with van der Waals surface area (Å²) >= 11 is 0. The first-order chi connectivity index (χ1) is 10.3. The third-order valence-corrected chi connectivity index (χ3v) is 3.73. The highest BCUT2D eigenvalue weighted by Gasteiger charge is 2.19. The molecule has 108 valence electrons. The summed E-state index contributed by atoms with van der Waals surface area (Å²) in [7, 11) is 1.61. The van der Waals surface area contributed by atoms with E-state index in [1.165, 1.54) is 0 Å². The zero-order valence-electron chi connectivity index (χ0n) is 11.6. The van der Waals surface area contributed by atoms with Crippen LogP contribution in [-0.4, -0.2) is 44.7 Å². The maximum atomic E-state index is 5.40. The minimum Gasteiger partial charge on any atom is -0.479 e. The number of hydrogen-bond acceptors (Lipinski definition) is 5.